The average molecular weight is 342 g/mol. The van der Waals surface area contributed by atoms with Gasteiger partial charge in [0.05, 0.1) is 6.26 Å². The lowest BCUT2D eigenvalue weighted by Crippen LogP contribution is -2.48. The van der Waals surface area contributed by atoms with Gasteiger partial charge in [-0.3, -0.25) is 0 Å². The first kappa shape index (κ1) is 15.1. The Morgan fingerprint density at radius 2 is 1.69 bits per heavy atom. The Morgan fingerprint density at radius 1 is 0.962 bits per heavy atom. The molecule has 0 radical (unpaired) electrons. The molecular formula is C25H26O. The van der Waals surface area contributed by atoms with Gasteiger partial charge < -0.3 is 4.74 Å². The summed E-state index contributed by atoms with van der Waals surface area (Å²) in [4.78, 5) is 0. The Bertz CT molecular complexity index is 913. The van der Waals surface area contributed by atoms with Crippen molar-refractivity contribution in [3.63, 3.8) is 0 Å². The molecule has 1 heterocycles. The van der Waals surface area contributed by atoms with E-state index in [4.69, 9.17) is 4.74 Å². The van der Waals surface area contributed by atoms with Crippen molar-refractivity contribution >= 4 is 10.8 Å². The van der Waals surface area contributed by atoms with Gasteiger partial charge in [0.25, 0.3) is 0 Å². The van der Waals surface area contributed by atoms with Crippen LogP contribution >= 0.6 is 0 Å². The highest BCUT2D eigenvalue weighted by molar-refractivity contribution is 5.89. The van der Waals surface area contributed by atoms with Crippen molar-refractivity contribution in [1.82, 2.24) is 0 Å². The topological polar surface area (TPSA) is 9.23 Å². The maximum atomic E-state index is 5.83. The van der Waals surface area contributed by atoms with Crippen LogP contribution in [0.1, 0.15) is 49.7 Å². The van der Waals surface area contributed by atoms with E-state index in [-0.39, 0.29) is 0 Å². The predicted molar refractivity (Wildman–Crippen MR) is 106 cm³/mol. The van der Waals surface area contributed by atoms with E-state index in [1.165, 1.54) is 54.9 Å². The molecule has 0 saturated heterocycles. The molecule has 4 aliphatic carbocycles. The zero-order chi connectivity index (χ0) is 17.3. The van der Waals surface area contributed by atoms with Gasteiger partial charge in [0, 0.05) is 12.0 Å². The number of ether oxygens (including phenoxy) is 1. The van der Waals surface area contributed by atoms with Gasteiger partial charge in [-0.05, 0) is 89.7 Å². The minimum absolute atomic E-state index is 0.474. The second kappa shape index (κ2) is 5.25. The highest BCUT2D eigenvalue weighted by atomic mass is 16.5. The van der Waals surface area contributed by atoms with Crippen molar-refractivity contribution in [3.8, 4) is 5.75 Å². The molecule has 0 unspecified atom stereocenters. The first-order valence-electron chi connectivity index (χ1n) is 10.3. The van der Waals surface area contributed by atoms with E-state index in [0.29, 0.717) is 5.41 Å². The molecule has 4 bridgehead atoms. The number of allylic oxidation sites excluding steroid dienone is 2. The fraction of sp³-hybridized carbons (Fsp3) is 0.440. The third-order valence-corrected chi connectivity index (χ3v) is 7.72. The highest BCUT2D eigenvalue weighted by Gasteiger charge is 2.51. The largest absolute Gasteiger partial charge is 0.464 e. The molecule has 0 spiro atoms. The quantitative estimate of drug-likeness (QED) is 0.621. The molecule has 0 N–H and O–H groups in total. The van der Waals surface area contributed by atoms with E-state index in [1.54, 1.807) is 5.56 Å². The molecule has 2 aromatic carbocycles. The number of hydrogen-bond donors (Lipinski definition) is 0. The van der Waals surface area contributed by atoms with E-state index in [9.17, 15) is 0 Å². The van der Waals surface area contributed by atoms with Crippen LogP contribution in [0.15, 0.2) is 54.8 Å². The van der Waals surface area contributed by atoms with Crippen LogP contribution in [0.2, 0.25) is 0 Å². The summed E-state index contributed by atoms with van der Waals surface area (Å²) in [5.41, 5.74) is 4.56. The fourth-order valence-electron chi connectivity index (χ4n) is 6.97. The van der Waals surface area contributed by atoms with E-state index >= 15 is 0 Å². The Labute approximate surface area is 155 Å². The Morgan fingerprint density at radius 3 is 2.38 bits per heavy atom. The first-order chi connectivity index (χ1) is 12.7. The third-order valence-electron chi connectivity index (χ3n) is 7.72. The predicted octanol–water partition coefficient (Wildman–Crippen LogP) is 6.31. The molecule has 26 heavy (non-hydrogen) atoms. The summed E-state index contributed by atoms with van der Waals surface area (Å²) < 4.78 is 5.83. The molecule has 1 heteroatoms. The smallest absolute Gasteiger partial charge is 0.130 e. The van der Waals surface area contributed by atoms with Gasteiger partial charge in [-0.15, -0.1) is 0 Å². The van der Waals surface area contributed by atoms with Gasteiger partial charge in [-0.1, -0.05) is 36.9 Å². The SMILES string of the molecule is C=CC1=COc2ccc3cc(C45CC6CC(CC(C6)C4)C5)ccc3c2C1. The van der Waals surface area contributed by atoms with Crippen molar-refractivity contribution in [1.29, 1.82) is 0 Å². The highest BCUT2D eigenvalue weighted by Crippen LogP contribution is 2.60. The van der Waals surface area contributed by atoms with Crippen molar-refractivity contribution in [3.05, 3.63) is 65.9 Å². The molecule has 1 aliphatic heterocycles. The summed E-state index contributed by atoms with van der Waals surface area (Å²) in [6, 6.07) is 11.7. The minimum Gasteiger partial charge on any atom is -0.464 e. The molecule has 7 rings (SSSR count). The molecule has 132 valence electrons. The molecule has 1 nitrogen and oxygen atoms in total. The molecule has 2 aromatic rings. The summed E-state index contributed by atoms with van der Waals surface area (Å²) >= 11 is 0. The van der Waals surface area contributed by atoms with Crippen molar-refractivity contribution in [2.75, 3.05) is 0 Å². The van der Waals surface area contributed by atoms with Crippen molar-refractivity contribution in [2.24, 2.45) is 17.8 Å². The molecule has 0 aromatic heterocycles. The van der Waals surface area contributed by atoms with Crippen LogP contribution in [0.3, 0.4) is 0 Å². The van der Waals surface area contributed by atoms with Crippen molar-refractivity contribution in [2.45, 2.75) is 50.4 Å². The summed E-state index contributed by atoms with van der Waals surface area (Å²) in [5.74, 6) is 3.99. The molecule has 4 fully saturated rings. The fourth-order valence-corrected chi connectivity index (χ4v) is 6.97. The standard InChI is InChI=1S/C25H26O/c1-2-16-10-23-22-5-4-21(11-20(22)3-6-24(23)26-15-16)25-12-17-7-18(13-25)9-19(8-17)14-25/h2-6,11,15,17-19H,1,7-10,12-14H2. The summed E-state index contributed by atoms with van der Waals surface area (Å²) in [6.45, 7) is 3.91. The zero-order valence-electron chi connectivity index (χ0n) is 15.3. The second-order valence-electron chi connectivity index (χ2n) is 9.37. The van der Waals surface area contributed by atoms with Crippen LogP contribution in [-0.4, -0.2) is 0 Å². The molecule has 5 aliphatic rings. The van der Waals surface area contributed by atoms with E-state index in [0.717, 1.165) is 35.5 Å². The molecule has 0 atom stereocenters. The van der Waals surface area contributed by atoms with Crippen LogP contribution in [0.25, 0.3) is 10.8 Å². The lowest BCUT2D eigenvalue weighted by molar-refractivity contribution is -0.00512. The molecular weight excluding hydrogens is 316 g/mol. The normalized spacial score (nSPS) is 34.3. The Hall–Kier alpha value is -2.02. The number of benzene rings is 2. The lowest BCUT2D eigenvalue weighted by atomic mass is 9.48. The van der Waals surface area contributed by atoms with Gasteiger partial charge in [-0.25, -0.2) is 0 Å². The Balaban J connectivity index is 1.44. The summed E-state index contributed by atoms with van der Waals surface area (Å²) in [6.07, 6.45) is 13.5. The third kappa shape index (κ3) is 2.09. The maximum Gasteiger partial charge on any atom is 0.130 e. The number of fused-ring (bicyclic) bond motifs is 3. The average Bonchev–Trinajstić information content (AvgIpc) is 2.66. The maximum absolute atomic E-state index is 5.83. The van der Waals surface area contributed by atoms with Crippen LogP contribution in [0.4, 0.5) is 0 Å². The van der Waals surface area contributed by atoms with Gasteiger partial charge in [0.1, 0.15) is 5.75 Å². The van der Waals surface area contributed by atoms with Crippen LogP contribution in [-0.2, 0) is 11.8 Å². The molecule has 0 amide bonds. The van der Waals surface area contributed by atoms with E-state index in [1.807, 2.05) is 12.3 Å². The zero-order valence-corrected chi connectivity index (χ0v) is 15.3. The second-order valence-corrected chi connectivity index (χ2v) is 9.37. The van der Waals surface area contributed by atoms with E-state index < -0.39 is 0 Å². The lowest BCUT2D eigenvalue weighted by Gasteiger charge is -2.57. The van der Waals surface area contributed by atoms with Crippen LogP contribution in [0.5, 0.6) is 5.75 Å². The van der Waals surface area contributed by atoms with Gasteiger partial charge >= 0.3 is 0 Å². The number of hydrogen-bond acceptors (Lipinski definition) is 1. The molecule has 4 saturated carbocycles. The van der Waals surface area contributed by atoms with Gasteiger partial charge in [-0.2, -0.15) is 0 Å². The van der Waals surface area contributed by atoms with E-state index in [2.05, 4.69) is 36.9 Å². The van der Waals surface area contributed by atoms with Gasteiger partial charge in [0.2, 0.25) is 0 Å². The van der Waals surface area contributed by atoms with Crippen LogP contribution in [0, 0.1) is 17.8 Å². The van der Waals surface area contributed by atoms with Crippen LogP contribution < -0.4 is 4.74 Å². The number of rotatable bonds is 2. The summed E-state index contributed by atoms with van der Waals surface area (Å²) in [5, 5.41) is 2.73. The Kier molecular flexibility index (Phi) is 3.05. The first-order valence-corrected chi connectivity index (χ1v) is 10.3. The monoisotopic (exact) mass is 342 g/mol. The summed E-state index contributed by atoms with van der Waals surface area (Å²) in [7, 11) is 0. The van der Waals surface area contributed by atoms with Crippen molar-refractivity contribution < 1.29 is 4.74 Å². The van der Waals surface area contributed by atoms with Gasteiger partial charge in [0.15, 0.2) is 0 Å². The minimum atomic E-state index is 0.474.